The number of ketones is 1. The molecule has 0 spiro atoms. The number of methoxy groups -OCH3 is 1. The summed E-state index contributed by atoms with van der Waals surface area (Å²) in [6.45, 7) is -0.0700. The van der Waals surface area contributed by atoms with E-state index in [9.17, 15) is 9.59 Å². The van der Waals surface area contributed by atoms with Crippen molar-refractivity contribution in [1.82, 2.24) is 4.98 Å². The lowest BCUT2D eigenvalue weighted by Gasteiger charge is -2.06. The van der Waals surface area contributed by atoms with Crippen LogP contribution in [0.25, 0.3) is 10.9 Å². The van der Waals surface area contributed by atoms with Crippen LogP contribution in [0.5, 0.6) is 5.75 Å². The smallest absolute Gasteiger partial charge is 0.337 e. The minimum atomic E-state index is -0.411. The molecule has 0 amide bonds. The summed E-state index contributed by atoms with van der Waals surface area (Å²) in [5, 5.41) is 0.877. The van der Waals surface area contributed by atoms with E-state index >= 15 is 0 Å². The number of aromatic nitrogens is 1. The Bertz CT molecular complexity index is 849. The average molecular weight is 309 g/mol. The van der Waals surface area contributed by atoms with Gasteiger partial charge < -0.3 is 14.5 Å². The summed E-state index contributed by atoms with van der Waals surface area (Å²) in [5.74, 6) is -0.00300. The predicted octanol–water partition coefficient (Wildman–Crippen LogP) is 3.22. The highest BCUT2D eigenvalue weighted by molar-refractivity contribution is 6.08. The third-order valence-electron chi connectivity index (χ3n) is 3.53. The lowest BCUT2D eigenvalue weighted by Crippen LogP contribution is -2.11. The topological polar surface area (TPSA) is 68.4 Å². The first kappa shape index (κ1) is 14.8. The van der Waals surface area contributed by atoms with Crippen LogP contribution in [0.3, 0.4) is 0 Å². The number of carbonyl (C=O) groups is 2. The number of aromatic amines is 1. The number of ether oxygens (including phenoxy) is 2. The maximum Gasteiger partial charge on any atom is 0.337 e. The van der Waals surface area contributed by atoms with Gasteiger partial charge in [0.25, 0.3) is 0 Å². The molecule has 0 fully saturated rings. The van der Waals surface area contributed by atoms with Crippen molar-refractivity contribution in [3.63, 3.8) is 0 Å². The van der Waals surface area contributed by atoms with E-state index in [1.165, 1.54) is 7.11 Å². The zero-order valence-electron chi connectivity index (χ0n) is 12.5. The number of nitrogens with one attached hydrogen (secondary N) is 1. The molecule has 0 atom stereocenters. The first-order valence-corrected chi connectivity index (χ1v) is 7.09. The Hall–Kier alpha value is -3.08. The number of carbonyl (C=O) groups excluding carboxylic acids is 2. The van der Waals surface area contributed by atoms with Crippen LogP contribution in [0, 0.1) is 0 Å². The van der Waals surface area contributed by atoms with Crippen LogP contribution < -0.4 is 4.74 Å². The second kappa shape index (κ2) is 6.36. The minimum Gasteiger partial charge on any atom is -0.485 e. The molecule has 0 aliphatic rings. The number of benzene rings is 2. The van der Waals surface area contributed by atoms with E-state index in [4.69, 9.17) is 4.74 Å². The lowest BCUT2D eigenvalue weighted by molar-refractivity contribution is 0.0600. The molecule has 0 saturated heterocycles. The average Bonchev–Trinajstić information content (AvgIpc) is 3.03. The molecule has 5 nitrogen and oxygen atoms in total. The standard InChI is InChI=1S/C18H15NO4/c1-22-18(21)12-6-8-13(9-7-12)23-11-17(20)15-10-19-16-5-3-2-4-14(15)16/h2-10,19H,11H2,1H3. The number of esters is 1. The second-order valence-corrected chi connectivity index (χ2v) is 4.98. The van der Waals surface area contributed by atoms with Gasteiger partial charge in [-0.25, -0.2) is 4.79 Å². The van der Waals surface area contributed by atoms with Crippen molar-refractivity contribution < 1.29 is 19.1 Å². The highest BCUT2D eigenvalue weighted by atomic mass is 16.5. The van der Waals surface area contributed by atoms with Gasteiger partial charge in [0.2, 0.25) is 5.78 Å². The molecule has 3 rings (SSSR count). The zero-order chi connectivity index (χ0) is 16.2. The summed E-state index contributed by atoms with van der Waals surface area (Å²) in [5.41, 5.74) is 1.95. The molecule has 1 aromatic heterocycles. The zero-order valence-corrected chi connectivity index (χ0v) is 12.5. The summed E-state index contributed by atoms with van der Waals surface area (Å²) in [4.78, 5) is 26.7. The molecule has 5 heteroatoms. The molecule has 0 aliphatic carbocycles. The van der Waals surface area contributed by atoms with Crippen LogP contribution in [0.2, 0.25) is 0 Å². The van der Waals surface area contributed by atoms with Gasteiger partial charge >= 0.3 is 5.97 Å². The Balaban J connectivity index is 1.68. The van der Waals surface area contributed by atoms with Crippen molar-refractivity contribution in [3.8, 4) is 5.75 Å². The summed E-state index contributed by atoms with van der Waals surface area (Å²) in [6, 6.07) is 14.1. The molecule has 0 radical (unpaired) electrons. The third-order valence-corrected chi connectivity index (χ3v) is 3.53. The van der Waals surface area contributed by atoms with E-state index < -0.39 is 5.97 Å². The van der Waals surface area contributed by atoms with Crippen molar-refractivity contribution in [2.24, 2.45) is 0 Å². The van der Waals surface area contributed by atoms with E-state index in [1.807, 2.05) is 24.3 Å². The molecule has 1 heterocycles. The first-order valence-electron chi connectivity index (χ1n) is 7.09. The molecule has 1 N–H and O–H groups in total. The van der Waals surface area contributed by atoms with Gasteiger partial charge in [-0.2, -0.15) is 0 Å². The van der Waals surface area contributed by atoms with Crippen LogP contribution in [0.1, 0.15) is 20.7 Å². The highest BCUT2D eigenvalue weighted by Gasteiger charge is 2.12. The summed E-state index contributed by atoms with van der Waals surface area (Å²) < 4.78 is 10.1. The summed E-state index contributed by atoms with van der Waals surface area (Å²) >= 11 is 0. The van der Waals surface area contributed by atoms with Crippen molar-refractivity contribution in [3.05, 3.63) is 65.9 Å². The Morgan fingerprint density at radius 3 is 2.52 bits per heavy atom. The van der Waals surface area contributed by atoms with Crippen molar-refractivity contribution in [1.29, 1.82) is 0 Å². The fourth-order valence-electron chi connectivity index (χ4n) is 2.33. The van der Waals surface area contributed by atoms with Crippen molar-refractivity contribution >= 4 is 22.7 Å². The predicted molar refractivity (Wildman–Crippen MR) is 85.9 cm³/mol. The Kier molecular flexibility index (Phi) is 4.10. The number of para-hydroxylation sites is 1. The molecular formula is C18H15NO4. The number of H-pyrrole nitrogens is 1. The largest absolute Gasteiger partial charge is 0.485 e. The number of Topliss-reactive ketones (excluding diaryl/α,β-unsaturated/α-hetero) is 1. The molecule has 3 aromatic rings. The maximum atomic E-state index is 12.3. The fourth-order valence-corrected chi connectivity index (χ4v) is 2.33. The van der Waals surface area contributed by atoms with Crippen LogP contribution >= 0.6 is 0 Å². The molecule has 2 aromatic carbocycles. The molecule has 0 bridgehead atoms. The SMILES string of the molecule is COC(=O)c1ccc(OCC(=O)c2c[nH]c3ccccc23)cc1. The van der Waals surface area contributed by atoms with Gasteiger partial charge in [0.15, 0.2) is 6.61 Å². The normalized spacial score (nSPS) is 10.5. The van der Waals surface area contributed by atoms with Crippen LogP contribution in [-0.2, 0) is 4.74 Å². The van der Waals surface area contributed by atoms with Gasteiger partial charge in [0.1, 0.15) is 5.75 Å². The first-order chi connectivity index (χ1) is 11.2. The number of hydrogen-bond donors (Lipinski definition) is 1. The number of fused-ring (bicyclic) bond motifs is 1. The molecule has 116 valence electrons. The van der Waals surface area contributed by atoms with Gasteiger partial charge in [-0.3, -0.25) is 4.79 Å². The van der Waals surface area contributed by atoms with Crippen LogP contribution in [0.4, 0.5) is 0 Å². The van der Waals surface area contributed by atoms with E-state index in [0.717, 1.165) is 10.9 Å². The lowest BCUT2D eigenvalue weighted by atomic mass is 10.1. The highest BCUT2D eigenvalue weighted by Crippen LogP contribution is 2.19. The Morgan fingerprint density at radius 1 is 1.04 bits per heavy atom. The number of hydrogen-bond acceptors (Lipinski definition) is 4. The van der Waals surface area contributed by atoms with Gasteiger partial charge in [0, 0.05) is 22.7 Å². The summed E-state index contributed by atoms with van der Waals surface area (Å²) in [6.07, 6.45) is 1.69. The minimum absolute atomic E-state index is 0.0700. The van der Waals surface area contributed by atoms with E-state index in [1.54, 1.807) is 30.5 Å². The van der Waals surface area contributed by atoms with Gasteiger partial charge in [0.05, 0.1) is 12.7 Å². The monoisotopic (exact) mass is 309 g/mol. The molecule has 0 aliphatic heterocycles. The van der Waals surface area contributed by atoms with E-state index in [0.29, 0.717) is 16.9 Å². The van der Waals surface area contributed by atoms with Crippen LogP contribution in [-0.4, -0.2) is 30.5 Å². The van der Waals surface area contributed by atoms with E-state index in [2.05, 4.69) is 9.72 Å². The Morgan fingerprint density at radius 2 is 1.78 bits per heavy atom. The van der Waals surface area contributed by atoms with Gasteiger partial charge in [-0.15, -0.1) is 0 Å². The van der Waals surface area contributed by atoms with Crippen molar-refractivity contribution in [2.45, 2.75) is 0 Å². The third kappa shape index (κ3) is 3.08. The molecule has 0 saturated carbocycles. The Labute approximate surface area is 132 Å². The van der Waals surface area contributed by atoms with Gasteiger partial charge in [-0.1, -0.05) is 18.2 Å². The van der Waals surface area contributed by atoms with E-state index in [-0.39, 0.29) is 12.4 Å². The fraction of sp³-hybridized carbons (Fsp3) is 0.111. The number of rotatable bonds is 5. The second-order valence-electron chi connectivity index (χ2n) is 4.98. The molecule has 23 heavy (non-hydrogen) atoms. The van der Waals surface area contributed by atoms with Gasteiger partial charge in [-0.05, 0) is 30.3 Å². The molecule has 0 unspecified atom stereocenters. The maximum absolute atomic E-state index is 12.3. The van der Waals surface area contributed by atoms with Crippen molar-refractivity contribution in [2.75, 3.05) is 13.7 Å². The summed E-state index contributed by atoms with van der Waals surface area (Å²) in [7, 11) is 1.33. The molecular weight excluding hydrogens is 294 g/mol. The quantitative estimate of drug-likeness (QED) is 0.580. The van der Waals surface area contributed by atoms with Crippen LogP contribution in [0.15, 0.2) is 54.7 Å².